The van der Waals surface area contributed by atoms with Gasteiger partial charge in [-0.2, -0.15) is 9.57 Å². The van der Waals surface area contributed by atoms with Crippen molar-refractivity contribution >= 4 is 37.6 Å². The number of nitrogens with zero attached hydrogens (tertiary/aromatic N) is 3. The van der Waals surface area contributed by atoms with E-state index in [-0.39, 0.29) is 9.92 Å². The van der Waals surface area contributed by atoms with Crippen LogP contribution >= 0.6 is 27.5 Å². The molecule has 0 radical (unpaired) electrons. The summed E-state index contributed by atoms with van der Waals surface area (Å²) in [7, 11) is -3.60. The van der Waals surface area contributed by atoms with Crippen molar-refractivity contribution in [2.45, 2.75) is 11.4 Å². The molecule has 1 saturated heterocycles. The first-order valence-electron chi connectivity index (χ1n) is 8.07. The zero-order chi connectivity index (χ0) is 18.7. The standard InChI is InChI=1S/C18H17BrClN3O2S/c19-16-5-6-18(17(20)11-16)26(24,25)23-9-7-22(8-10-23)13-15-3-1-14(12-21)2-4-15/h1-6,11H,7-10,13H2. The van der Waals surface area contributed by atoms with Crippen LogP contribution in [0.5, 0.6) is 0 Å². The molecule has 0 N–H and O–H groups in total. The van der Waals surface area contributed by atoms with Gasteiger partial charge in [0.15, 0.2) is 0 Å². The molecule has 0 atom stereocenters. The highest BCUT2D eigenvalue weighted by molar-refractivity contribution is 9.10. The largest absolute Gasteiger partial charge is 0.296 e. The van der Waals surface area contributed by atoms with Gasteiger partial charge in [0, 0.05) is 37.2 Å². The van der Waals surface area contributed by atoms with Crippen LogP contribution in [0.2, 0.25) is 5.02 Å². The highest BCUT2D eigenvalue weighted by Gasteiger charge is 2.30. The van der Waals surface area contributed by atoms with Crippen LogP contribution in [0.3, 0.4) is 0 Å². The van der Waals surface area contributed by atoms with Gasteiger partial charge in [0.1, 0.15) is 4.90 Å². The quantitative estimate of drug-likeness (QED) is 0.709. The summed E-state index contributed by atoms with van der Waals surface area (Å²) in [6.07, 6.45) is 0. The number of rotatable bonds is 4. The molecule has 0 spiro atoms. The van der Waals surface area contributed by atoms with Crippen LogP contribution in [0, 0.1) is 11.3 Å². The second kappa shape index (κ2) is 8.07. The molecular formula is C18H17BrClN3O2S. The van der Waals surface area contributed by atoms with Gasteiger partial charge in [-0.1, -0.05) is 39.7 Å². The van der Waals surface area contributed by atoms with E-state index in [1.54, 1.807) is 24.3 Å². The van der Waals surface area contributed by atoms with Crippen molar-refractivity contribution < 1.29 is 8.42 Å². The average molecular weight is 455 g/mol. The summed E-state index contributed by atoms with van der Waals surface area (Å²) in [6.45, 7) is 2.87. The molecule has 5 nitrogen and oxygen atoms in total. The summed E-state index contributed by atoms with van der Waals surface area (Å²) >= 11 is 9.41. The van der Waals surface area contributed by atoms with Gasteiger partial charge in [0.05, 0.1) is 16.7 Å². The number of halogens is 2. The van der Waals surface area contributed by atoms with Gasteiger partial charge in [0.2, 0.25) is 10.0 Å². The first-order chi connectivity index (χ1) is 12.4. The highest BCUT2D eigenvalue weighted by Crippen LogP contribution is 2.28. The lowest BCUT2D eigenvalue weighted by Crippen LogP contribution is -2.48. The van der Waals surface area contributed by atoms with Crippen LogP contribution in [-0.4, -0.2) is 43.8 Å². The summed E-state index contributed by atoms with van der Waals surface area (Å²) in [5, 5.41) is 9.07. The number of benzene rings is 2. The molecule has 0 amide bonds. The van der Waals surface area contributed by atoms with Gasteiger partial charge in [-0.15, -0.1) is 0 Å². The number of piperazine rings is 1. The Labute approximate surface area is 167 Å². The summed E-state index contributed by atoms with van der Waals surface area (Å²) in [6, 6.07) is 14.4. The summed E-state index contributed by atoms with van der Waals surface area (Å²) < 4.78 is 27.9. The van der Waals surface area contributed by atoms with Gasteiger partial charge >= 0.3 is 0 Å². The van der Waals surface area contributed by atoms with Crippen LogP contribution in [0.1, 0.15) is 11.1 Å². The normalized spacial score (nSPS) is 16.3. The molecule has 8 heteroatoms. The molecule has 0 aromatic heterocycles. The smallest absolute Gasteiger partial charge is 0.244 e. The fraction of sp³-hybridized carbons (Fsp3) is 0.278. The number of sulfonamides is 1. The van der Waals surface area contributed by atoms with Crippen LogP contribution in [0.25, 0.3) is 0 Å². The minimum atomic E-state index is -3.60. The number of hydrogen-bond donors (Lipinski definition) is 0. The van der Waals surface area contributed by atoms with Gasteiger partial charge in [0.25, 0.3) is 0 Å². The van der Waals surface area contributed by atoms with E-state index < -0.39 is 10.0 Å². The maximum absolute atomic E-state index is 12.8. The molecule has 2 aromatic rings. The van der Waals surface area contributed by atoms with Crippen LogP contribution in [-0.2, 0) is 16.6 Å². The molecule has 2 aromatic carbocycles. The second-order valence-electron chi connectivity index (χ2n) is 6.06. The zero-order valence-electron chi connectivity index (χ0n) is 13.9. The lowest BCUT2D eigenvalue weighted by molar-refractivity contribution is 0.181. The Bertz CT molecular complexity index is 934. The predicted octanol–water partition coefficient (Wildman–Crippen LogP) is 3.48. The van der Waals surface area contributed by atoms with Crippen molar-refractivity contribution in [2.24, 2.45) is 0 Å². The van der Waals surface area contributed by atoms with E-state index in [1.807, 2.05) is 12.1 Å². The van der Waals surface area contributed by atoms with Crippen LogP contribution in [0.15, 0.2) is 51.8 Å². The molecule has 1 fully saturated rings. The summed E-state index contributed by atoms with van der Waals surface area (Å²) in [4.78, 5) is 2.35. The second-order valence-corrected chi connectivity index (χ2v) is 9.29. The third-order valence-electron chi connectivity index (χ3n) is 4.33. The van der Waals surface area contributed by atoms with E-state index >= 15 is 0 Å². The SMILES string of the molecule is N#Cc1ccc(CN2CCN(S(=O)(=O)c3ccc(Br)cc3Cl)CC2)cc1. The Hall–Kier alpha value is -1.43. The lowest BCUT2D eigenvalue weighted by atomic mass is 10.1. The van der Waals surface area contributed by atoms with Crippen molar-refractivity contribution in [1.82, 2.24) is 9.21 Å². The van der Waals surface area contributed by atoms with Crippen molar-refractivity contribution in [2.75, 3.05) is 26.2 Å². The third-order valence-corrected chi connectivity index (χ3v) is 7.21. The van der Waals surface area contributed by atoms with Crippen molar-refractivity contribution in [3.8, 4) is 6.07 Å². The Morgan fingerprint density at radius 1 is 1.08 bits per heavy atom. The zero-order valence-corrected chi connectivity index (χ0v) is 17.1. The Balaban J connectivity index is 1.64. The van der Waals surface area contributed by atoms with E-state index in [0.29, 0.717) is 31.7 Å². The first-order valence-corrected chi connectivity index (χ1v) is 10.7. The molecule has 0 aliphatic carbocycles. The molecule has 0 unspecified atom stereocenters. The molecule has 3 rings (SSSR count). The maximum Gasteiger partial charge on any atom is 0.244 e. The van der Waals surface area contributed by atoms with E-state index in [2.05, 4.69) is 26.9 Å². The molecule has 0 saturated carbocycles. The lowest BCUT2D eigenvalue weighted by Gasteiger charge is -2.34. The maximum atomic E-state index is 12.8. The highest BCUT2D eigenvalue weighted by atomic mass is 79.9. The van der Waals surface area contributed by atoms with Gasteiger partial charge in [-0.3, -0.25) is 4.90 Å². The minimum absolute atomic E-state index is 0.142. The Kier molecular flexibility index (Phi) is 6.00. The van der Waals surface area contributed by atoms with E-state index in [1.165, 1.54) is 10.4 Å². The van der Waals surface area contributed by atoms with Crippen LogP contribution < -0.4 is 0 Å². The number of nitriles is 1. The summed E-state index contributed by atoms with van der Waals surface area (Å²) in [5.74, 6) is 0. The summed E-state index contributed by atoms with van der Waals surface area (Å²) in [5.41, 5.74) is 1.74. The van der Waals surface area contributed by atoms with Crippen molar-refractivity contribution in [3.63, 3.8) is 0 Å². The number of hydrogen-bond acceptors (Lipinski definition) is 4. The Morgan fingerprint density at radius 2 is 1.73 bits per heavy atom. The molecular weight excluding hydrogens is 438 g/mol. The van der Waals surface area contributed by atoms with Crippen LogP contribution in [0.4, 0.5) is 0 Å². The fourth-order valence-electron chi connectivity index (χ4n) is 2.89. The van der Waals surface area contributed by atoms with Gasteiger partial charge < -0.3 is 0 Å². The molecule has 1 aliphatic heterocycles. The van der Waals surface area contributed by atoms with Crippen molar-refractivity contribution in [3.05, 3.63) is 63.1 Å². The minimum Gasteiger partial charge on any atom is -0.296 e. The van der Waals surface area contributed by atoms with E-state index in [9.17, 15) is 8.42 Å². The third kappa shape index (κ3) is 4.27. The van der Waals surface area contributed by atoms with E-state index in [4.69, 9.17) is 16.9 Å². The first kappa shape index (κ1) is 19.3. The molecule has 1 aliphatic rings. The van der Waals surface area contributed by atoms with Gasteiger partial charge in [-0.25, -0.2) is 8.42 Å². The average Bonchev–Trinajstić information content (AvgIpc) is 2.62. The molecule has 1 heterocycles. The molecule has 136 valence electrons. The van der Waals surface area contributed by atoms with Gasteiger partial charge in [-0.05, 0) is 35.9 Å². The van der Waals surface area contributed by atoms with Crippen molar-refractivity contribution in [1.29, 1.82) is 5.26 Å². The predicted molar refractivity (Wildman–Crippen MR) is 104 cm³/mol. The fourth-order valence-corrected chi connectivity index (χ4v) is 5.33. The topological polar surface area (TPSA) is 64.4 Å². The molecule has 0 bridgehead atoms. The monoisotopic (exact) mass is 453 g/mol. The Morgan fingerprint density at radius 3 is 2.31 bits per heavy atom. The van der Waals surface area contributed by atoms with E-state index in [0.717, 1.165) is 16.6 Å². The molecule has 26 heavy (non-hydrogen) atoms.